The lowest BCUT2D eigenvalue weighted by Gasteiger charge is -2.42. The molecular formula is C18H14F18O4. The molecule has 0 heterocycles. The van der Waals surface area contributed by atoms with Crippen molar-refractivity contribution in [3.63, 3.8) is 0 Å². The fourth-order valence-electron chi connectivity index (χ4n) is 1.78. The molecule has 0 amide bonds. The topological polar surface area (TPSA) is 63.6 Å². The van der Waals surface area contributed by atoms with Crippen molar-refractivity contribution in [2.45, 2.75) is 74.3 Å². The summed E-state index contributed by atoms with van der Waals surface area (Å²) in [6, 6.07) is 0. The smallest absolute Gasteiger partial charge is 0.460 e. The summed E-state index contributed by atoms with van der Waals surface area (Å²) in [7, 11) is 0. The number of aliphatic carboxylic acids is 1. The molecule has 1 atom stereocenters. The van der Waals surface area contributed by atoms with Gasteiger partial charge in [0.1, 0.15) is 0 Å². The predicted molar refractivity (Wildman–Crippen MR) is 93.6 cm³/mol. The van der Waals surface area contributed by atoms with Gasteiger partial charge in [0, 0.05) is 11.1 Å². The van der Waals surface area contributed by atoms with Crippen LogP contribution < -0.4 is 0 Å². The van der Waals surface area contributed by atoms with E-state index in [9.17, 15) is 88.6 Å². The molecule has 40 heavy (non-hydrogen) atoms. The standard InChI is InChI=1S/C14H8F18O2.C4H6O2/c1-4(2)6(33)34-5(15)3-7(16,17)8(18,19)9(20,21)10(22,23)11(24,25)12(26,27)13(28,29)14(30,31)32;1-3(2)4(5)6/h5H,1,3H2,2H3;1H2,2H3,(H,5,6). The Labute approximate surface area is 210 Å². The Morgan fingerprint density at radius 3 is 1.15 bits per heavy atom. The van der Waals surface area contributed by atoms with Crippen LogP contribution in [0.1, 0.15) is 20.3 Å². The molecule has 22 heteroatoms. The Morgan fingerprint density at radius 1 is 0.625 bits per heavy atom. The number of carbonyl (C=O) groups excluding carboxylic acids is 1. The number of carboxylic acids is 1. The Morgan fingerprint density at radius 2 is 0.900 bits per heavy atom. The first-order chi connectivity index (χ1) is 17.1. The van der Waals surface area contributed by atoms with E-state index in [4.69, 9.17) is 5.11 Å². The molecule has 0 aromatic carbocycles. The number of rotatable bonds is 11. The van der Waals surface area contributed by atoms with Crippen molar-refractivity contribution in [1.82, 2.24) is 0 Å². The highest BCUT2D eigenvalue weighted by molar-refractivity contribution is 5.87. The fourth-order valence-corrected chi connectivity index (χ4v) is 1.78. The van der Waals surface area contributed by atoms with Crippen LogP contribution in [0.4, 0.5) is 79.0 Å². The summed E-state index contributed by atoms with van der Waals surface area (Å²) in [5.74, 6) is -60.9. The van der Waals surface area contributed by atoms with Crippen molar-refractivity contribution in [1.29, 1.82) is 0 Å². The van der Waals surface area contributed by atoms with Crippen molar-refractivity contribution in [2.75, 3.05) is 0 Å². The molecule has 0 aromatic rings. The molecule has 0 bridgehead atoms. The minimum absolute atomic E-state index is 0.176. The predicted octanol–water partition coefficient (Wildman–Crippen LogP) is 7.45. The highest BCUT2D eigenvalue weighted by Gasteiger charge is 2.95. The van der Waals surface area contributed by atoms with Gasteiger partial charge in [0.15, 0.2) is 0 Å². The van der Waals surface area contributed by atoms with Crippen LogP contribution in [0.15, 0.2) is 24.3 Å². The number of ether oxygens (including phenoxy) is 1. The summed E-state index contributed by atoms with van der Waals surface area (Å²) in [6.07, 6.45) is -15.5. The molecule has 236 valence electrons. The monoisotopic (exact) mass is 636 g/mol. The molecule has 0 saturated carbocycles. The number of alkyl halides is 18. The molecule has 0 radical (unpaired) electrons. The molecule has 0 aliphatic carbocycles. The third kappa shape index (κ3) is 6.89. The summed E-state index contributed by atoms with van der Waals surface area (Å²) in [5, 5.41) is 7.89. The Kier molecular flexibility index (Phi) is 11.4. The van der Waals surface area contributed by atoms with E-state index in [0.29, 0.717) is 6.92 Å². The van der Waals surface area contributed by atoms with Gasteiger partial charge in [-0.2, -0.15) is 74.6 Å². The summed E-state index contributed by atoms with van der Waals surface area (Å²) >= 11 is 0. The van der Waals surface area contributed by atoms with E-state index in [1.165, 1.54) is 6.92 Å². The van der Waals surface area contributed by atoms with Crippen molar-refractivity contribution in [3.8, 4) is 0 Å². The molecule has 1 N–H and O–H groups in total. The van der Waals surface area contributed by atoms with Crippen LogP contribution in [-0.2, 0) is 14.3 Å². The second-order valence-electron chi connectivity index (χ2n) is 7.53. The zero-order valence-electron chi connectivity index (χ0n) is 19.2. The van der Waals surface area contributed by atoms with E-state index >= 15 is 0 Å². The SMILES string of the molecule is C=C(C)C(=O)O.C=C(C)C(=O)OC(F)CC(F)(F)C(F)(F)C(F)(F)C(F)(F)C(F)(F)C(F)(F)C(F)(F)C(F)(F)F. The van der Waals surface area contributed by atoms with Crippen LogP contribution in [0.2, 0.25) is 0 Å². The highest BCUT2D eigenvalue weighted by atomic mass is 19.4. The van der Waals surface area contributed by atoms with Crippen LogP contribution >= 0.6 is 0 Å². The first kappa shape index (κ1) is 39.3. The lowest BCUT2D eigenvalue weighted by molar-refractivity contribution is -0.462. The maximum atomic E-state index is 13.5. The highest BCUT2D eigenvalue weighted by Crippen LogP contribution is 2.64. The molecule has 0 aliphatic rings. The Hall–Kier alpha value is -2.84. The molecule has 1 unspecified atom stereocenters. The number of carboxylic acid groups (broad SMARTS) is 1. The fraction of sp³-hybridized carbons (Fsp3) is 0.667. The number of hydrogen-bond acceptors (Lipinski definition) is 3. The van der Waals surface area contributed by atoms with Crippen molar-refractivity contribution >= 4 is 11.9 Å². The summed E-state index contributed by atoms with van der Waals surface area (Å²) in [6.45, 7) is 8.01. The van der Waals surface area contributed by atoms with E-state index in [0.717, 1.165) is 0 Å². The van der Waals surface area contributed by atoms with Gasteiger partial charge in [0.2, 0.25) is 6.36 Å². The van der Waals surface area contributed by atoms with Crippen LogP contribution in [0.3, 0.4) is 0 Å². The quantitative estimate of drug-likeness (QED) is 0.146. The third-order valence-electron chi connectivity index (χ3n) is 4.15. The first-order valence-electron chi connectivity index (χ1n) is 9.22. The summed E-state index contributed by atoms with van der Waals surface area (Å²) in [5.41, 5.74) is -0.656. The van der Waals surface area contributed by atoms with Crippen LogP contribution in [0, 0.1) is 0 Å². The molecule has 0 spiro atoms. The minimum Gasteiger partial charge on any atom is -0.478 e. The molecule has 0 saturated heterocycles. The van der Waals surface area contributed by atoms with Crippen molar-refractivity contribution < 1.29 is 98.5 Å². The average Bonchev–Trinajstić information content (AvgIpc) is 2.71. The third-order valence-corrected chi connectivity index (χ3v) is 4.15. The van der Waals surface area contributed by atoms with Gasteiger partial charge < -0.3 is 9.84 Å². The summed E-state index contributed by atoms with van der Waals surface area (Å²) < 4.78 is 238. The number of esters is 1. The van der Waals surface area contributed by atoms with Gasteiger partial charge in [-0.25, -0.2) is 14.0 Å². The van der Waals surface area contributed by atoms with Gasteiger partial charge in [0.25, 0.3) is 0 Å². The zero-order chi connectivity index (χ0) is 33.3. The molecule has 0 aliphatic heterocycles. The van der Waals surface area contributed by atoms with Gasteiger partial charge in [-0.05, 0) is 13.8 Å². The first-order valence-corrected chi connectivity index (χ1v) is 9.22. The zero-order valence-corrected chi connectivity index (χ0v) is 19.2. The Balaban J connectivity index is 0. The van der Waals surface area contributed by atoms with Gasteiger partial charge in [0.05, 0.1) is 6.42 Å². The lowest BCUT2D eigenvalue weighted by atomic mass is 9.88. The second-order valence-corrected chi connectivity index (χ2v) is 7.53. The molecule has 0 rings (SSSR count). The Bertz CT molecular complexity index is 954. The van der Waals surface area contributed by atoms with E-state index in [1.54, 1.807) is 0 Å². The number of halogens is 18. The van der Waals surface area contributed by atoms with Gasteiger partial charge in [-0.3, -0.25) is 0 Å². The van der Waals surface area contributed by atoms with E-state index in [-0.39, 0.29) is 5.57 Å². The van der Waals surface area contributed by atoms with E-state index < -0.39 is 77.9 Å². The van der Waals surface area contributed by atoms with E-state index in [1.807, 2.05) is 0 Å². The van der Waals surface area contributed by atoms with Gasteiger partial charge >= 0.3 is 59.6 Å². The maximum absolute atomic E-state index is 13.5. The minimum atomic E-state index is -8.77. The largest absolute Gasteiger partial charge is 0.478 e. The molecular weight excluding hydrogens is 622 g/mol. The maximum Gasteiger partial charge on any atom is 0.460 e. The van der Waals surface area contributed by atoms with Crippen molar-refractivity contribution in [3.05, 3.63) is 24.3 Å². The number of hydrogen-bond donors (Lipinski definition) is 1. The molecule has 0 aromatic heterocycles. The van der Waals surface area contributed by atoms with Gasteiger partial charge in [-0.15, -0.1) is 0 Å². The average molecular weight is 636 g/mol. The van der Waals surface area contributed by atoms with Crippen LogP contribution in [-0.4, -0.2) is 71.0 Å². The van der Waals surface area contributed by atoms with Crippen LogP contribution in [0.25, 0.3) is 0 Å². The van der Waals surface area contributed by atoms with Gasteiger partial charge in [-0.1, -0.05) is 13.2 Å². The normalized spacial score (nSPS) is 15.0. The molecule has 4 nitrogen and oxygen atoms in total. The second kappa shape index (κ2) is 11.6. The molecule has 0 fully saturated rings. The number of carbonyl (C=O) groups is 2. The summed E-state index contributed by atoms with van der Waals surface area (Å²) in [4.78, 5) is 20.5. The van der Waals surface area contributed by atoms with E-state index in [2.05, 4.69) is 17.9 Å². The van der Waals surface area contributed by atoms with Crippen molar-refractivity contribution in [2.24, 2.45) is 0 Å². The lowest BCUT2D eigenvalue weighted by Crippen LogP contribution is -2.74. The van der Waals surface area contributed by atoms with Crippen LogP contribution in [0.5, 0.6) is 0 Å².